The number of nitrogens with one attached hydrogen (secondary N) is 1. The van der Waals surface area contributed by atoms with Crippen molar-refractivity contribution >= 4 is 11.8 Å². The van der Waals surface area contributed by atoms with Gasteiger partial charge in [0.15, 0.2) is 0 Å². The second-order valence-electron chi connectivity index (χ2n) is 6.27. The highest BCUT2D eigenvalue weighted by Crippen LogP contribution is 2.17. The minimum absolute atomic E-state index is 0.00493. The first-order valence-corrected chi connectivity index (χ1v) is 8.33. The lowest BCUT2D eigenvalue weighted by Gasteiger charge is -2.29. The lowest BCUT2D eigenvalue weighted by molar-refractivity contribution is -0.136. The average Bonchev–Trinajstić information content (AvgIpc) is 2.59. The van der Waals surface area contributed by atoms with E-state index in [1.165, 1.54) is 0 Å². The van der Waals surface area contributed by atoms with E-state index in [0.29, 0.717) is 18.7 Å². The summed E-state index contributed by atoms with van der Waals surface area (Å²) in [6.45, 7) is 5.18. The van der Waals surface area contributed by atoms with Crippen LogP contribution in [0.15, 0.2) is 24.3 Å². The van der Waals surface area contributed by atoms with Crippen molar-refractivity contribution in [1.29, 1.82) is 0 Å². The Kier molecular flexibility index (Phi) is 6.16. The van der Waals surface area contributed by atoms with E-state index in [-0.39, 0.29) is 17.7 Å². The summed E-state index contributed by atoms with van der Waals surface area (Å²) in [6, 6.07) is 7.55. The molecule has 1 aliphatic rings. The highest BCUT2D eigenvalue weighted by molar-refractivity contribution is 5.93. The minimum atomic E-state index is -0.00493. The molecule has 0 radical (unpaired) electrons. The Labute approximate surface area is 138 Å². The van der Waals surface area contributed by atoms with Gasteiger partial charge in [0, 0.05) is 38.7 Å². The zero-order chi connectivity index (χ0) is 16.8. The van der Waals surface area contributed by atoms with Crippen molar-refractivity contribution < 1.29 is 9.59 Å². The minimum Gasteiger partial charge on any atom is -0.345 e. The Bertz CT molecular complexity index is 534. The van der Waals surface area contributed by atoms with Crippen LogP contribution < -0.4 is 5.32 Å². The van der Waals surface area contributed by atoms with E-state index in [1.807, 2.05) is 36.1 Å². The summed E-state index contributed by atoms with van der Waals surface area (Å²) in [7, 11) is 3.49. The average molecular weight is 317 g/mol. The van der Waals surface area contributed by atoms with Crippen LogP contribution in [0.25, 0.3) is 0 Å². The molecule has 2 rings (SSSR count). The molecule has 0 atom stereocenters. The quantitative estimate of drug-likeness (QED) is 0.900. The van der Waals surface area contributed by atoms with Gasteiger partial charge in [0.25, 0.3) is 5.91 Å². The van der Waals surface area contributed by atoms with Crippen molar-refractivity contribution in [1.82, 2.24) is 15.1 Å². The van der Waals surface area contributed by atoms with Crippen LogP contribution in [0.3, 0.4) is 0 Å². The number of rotatable bonds is 5. The third kappa shape index (κ3) is 4.55. The molecule has 126 valence electrons. The third-order valence-electron chi connectivity index (χ3n) is 4.36. The largest absolute Gasteiger partial charge is 0.345 e. The maximum atomic E-state index is 12.6. The standard InChI is InChI=1S/C18H27N3O2/c1-4-21(18(23)16-9-11-19-12-10-16)13-14-5-7-15(8-6-14)17(22)20(2)3/h5-8,16,19H,4,9-13H2,1-3H3. The summed E-state index contributed by atoms with van der Waals surface area (Å²) in [6.07, 6.45) is 1.84. The van der Waals surface area contributed by atoms with E-state index in [0.717, 1.165) is 31.5 Å². The van der Waals surface area contributed by atoms with Crippen LogP contribution in [-0.2, 0) is 11.3 Å². The van der Waals surface area contributed by atoms with Gasteiger partial charge in [0.1, 0.15) is 0 Å². The Morgan fingerprint density at radius 1 is 1.13 bits per heavy atom. The molecule has 5 nitrogen and oxygen atoms in total. The zero-order valence-corrected chi connectivity index (χ0v) is 14.3. The number of amides is 2. The third-order valence-corrected chi connectivity index (χ3v) is 4.36. The topological polar surface area (TPSA) is 52.7 Å². The fourth-order valence-electron chi connectivity index (χ4n) is 2.90. The predicted molar refractivity (Wildman–Crippen MR) is 91.1 cm³/mol. The van der Waals surface area contributed by atoms with E-state index in [2.05, 4.69) is 5.32 Å². The normalized spacial score (nSPS) is 15.3. The van der Waals surface area contributed by atoms with Crippen LogP contribution in [0.1, 0.15) is 35.7 Å². The molecule has 0 bridgehead atoms. The van der Waals surface area contributed by atoms with Crippen LogP contribution in [0.5, 0.6) is 0 Å². The molecule has 2 amide bonds. The van der Waals surface area contributed by atoms with Gasteiger partial charge in [-0.15, -0.1) is 0 Å². The van der Waals surface area contributed by atoms with Gasteiger partial charge < -0.3 is 15.1 Å². The molecule has 1 heterocycles. The van der Waals surface area contributed by atoms with Crippen LogP contribution in [0.4, 0.5) is 0 Å². The molecule has 1 aromatic carbocycles. The molecule has 1 N–H and O–H groups in total. The summed E-state index contributed by atoms with van der Waals surface area (Å²) in [4.78, 5) is 28.0. The molecular weight excluding hydrogens is 290 g/mol. The van der Waals surface area contributed by atoms with E-state index >= 15 is 0 Å². The van der Waals surface area contributed by atoms with Crippen LogP contribution in [0, 0.1) is 5.92 Å². The molecule has 1 fully saturated rings. The van der Waals surface area contributed by atoms with Gasteiger partial charge in [-0.1, -0.05) is 12.1 Å². The number of carbonyl (C=O) groups excluding carboxylic acids is 2. The molecule has 5 heteroatoms. The van der Waals surface area contributed by atoms with Gasteiger partial charge in [0.05, 0.1) is 0 Å². The molecule has 1 saturated heterocycles. The molecule has 0 saturated carbocycles. The zero-order valence-electron chi connectivity index (χ0n) is 14.3. The van der Waals surface area contributed by atoms with Gasteiger partial charge in [-0.3, -0.25) is 9.59 Å². The van der Waals surface area contributed by atoms with Crippen molar-refractivity contribution in [2.75, 3.05) is 33.7 Å². The fraction of sp³-hybridized carbons (Fsp3) is 0.556. The van der Waals surface area contributed by atoms with E-state index in [9.17, 15) is 9.59 Å². The first-order valence-electron chi connectivity index (χ1n) is 8.33. The van der Waals surface area contributed by atoms with Crippen LogP contribution in [0.2, 0.25) is 0 Å². The van der Waals surface area contributed by atoms with E-state index in [1.54, 1.807) is 19.0 Å². The number of piperidine rings is 1. The van der Waals surface area contributed by atoms with Gasteiger partial charge in [-0.2, -0.15) is 0 Å². The molecule has 0 aromatic heterocycles. The highest BCUT2D eigenvalue weighted by Gasteiger charge is 2.25. The number of hydrogen-bond acceptors (Lipinski definition) is 3. The summed E-state index contributed by atoms with van der Waals surface area (Å²) < 4.78 is 0. The number of carbonyl (C=O) groups is 2. The number of benzene rings is 1. The first kappa shape index (κ1) is 17.5. The van der Waals surface area contributed by atoms with Crippen molar-refractivity contribution in [2.24, 2.45) is 5.92 Å². The van der Waals surface area contributed by atoms with E-state index < -0.39 is 0 Å². The summed E-state index contributed by atoms with van der Waals surface area (Å²) in [5.74, 6) is 0.392. The molecule has 0 aliphatic carbocycles. The smallest absolute Gasteiger partial charge is 0.253 e. The van der Waals surface area contributed by atoms with Gasteiger partial charge in [-0.05, 0) is 50.6 Å². The Morgan fingerprint density at radius 2 is 1.74 bits per heavy atom. The van der Waals surface area contributed by atoms with Crippen molar-refractivity contribution in [2.45, 2.75) is 26.3 Å². The SMILES string of the molecule is CCN(Cc1ccc(C(=O)N(C)C)cc1)C(=O)C1CCNCC1. The Balaban J connectivity index is 2.00. The number of nitrogens with zero attached hydrogens (tertiary/aromatic N) is 2. The maximum absolute atomic E-state index is 12.6. The van der Waals surface area contributed by atoms with Crippen molar-refractivity contribution in [3.8, 4) is 0 Å². The lowest BCUT2D eigenvalue weighted by atomic mass is 9.96. The summed E-state index contributed by atoms with van der Waals surface area (Å²) in [5, 5.41) is 3.30. The molecule has 0 unspecified atom stereocenters. The molecular formula is C18H27N3O2. The number of hydrogen-bond donors (Lipinski definition) is 1. The van der Waals surface area contributed by atoms with Crippen molar-refractivity contribution in [3.63, 3.8) is 0 Å². The van der Waals surface area contributed by atoms with Crippen LogP contribution in [-0.4, -0.2) is 55.3 Å². The molecule has 23 heavy (non-hydrogen) atoms. The lowest BCUT2D eigenvalue weighted by Crippen LogP contribution is -2.40. The monoisotopic (exact) mass is 317 g/mol. The molecule has 0 spiro atoms. The van der Waals surface area contributed by atoms with E-state index in [4.69, 9.17) is 0 Å². The van der Waals surface area contributed by atoms with Gasteiger partial charge >= 0.3 is 0 Å². The first-order chi connectivity index (χ1) is 11.0. The Morgan fingerprint density at radius 3 is 2.26 bits per heavy atom. The van der Waals surface area contributed by atoms with Crippen molar-refractivity contribution in [3.05, 3.63) is 35.4 Å². The fourth-order valence-corrected chi connectivity index (χ4v) is 2.90. The van der Waals surface area contributed by atoms with Gasteiger partial charge in [0.2, 0.25) is 5.91 Å². The molecule has 1 aliphatic heterocycles. The summed E-state index contributed by atoms with van der Waals surface area (Å²) in [5.41, 5.74) is 1.73. The second-order valence-corrected chi connectivity index (χ2v) is 6.27. The summed E-state index contributed by atoms with van der Waals surface area (Å²) >= 11 is 0. The molecule has 1 aromatic rings. The van der Waals surface area contributed by atoms with Crippen LogP contribution >= 0.6 is 0 Å². The Hall–Kier alpha value is -1.88. The second kappa shape index (κ2) is 8.11. The van der Waals surface area contributed by atoms with Gasteiger partial charge in [-0.25, -0.2) is 0 Å². The highest BCUT2D eigenvalue weighted by atomic mass is 16.2. The maximum Gasteiger partial charge on any atom is 0.253 e. The predicted octanol–water partition coefficient (Wildman–Crippen LogP) is 1.74.